The van der Waals surface area contributed by atoms with Gasteiger partial charge in [-0.3, -0.25) is 0 Å². The van der Waals surface area contributed by atoms with Crippen molar-refractivity contribution in [2.75, 3.05) is 0 Å². The van der Waals surface area contributed by atoms with Crippen molar-refractivity contribution in [3.05, 3.63) is 64.5 Å². The first kappa shape index (κ1) is 20.9. The van der Waals surface area contributed by atoms with E-state index in [4.69, 9.17) is 0 Å². The molecule has 2 nitrogen and oxygen atoms in total. The van der Waals surface area contributed by atoms with Crippen molar-refractivity contribution in [1.82, 2.24) is 0 Å². The molecular formula is C20H19F5O2. The van der Waals surface area contributed by atoms with Crippen LogP contribution in [0.15, 0.2) is 24.3 Å². The first-order valence-electron chi connectivity index (χ1n) is 8.69. The molecule has 0 bridgehead atoms. The van der Waals surface area contributed by atoms with Gasteiger partial charge in [-0.1, -0.05) is 44.7 Å². The maximum Gasteiger partial charge on any atom is 0.343 e. The topological polar surface area (TPSA) is 26.3 Å². The number of carbonyl (C=O) groups is 1. The lowest BCUT2D eigenvalue weighted by molar-refractivity contribution is 0.0716. The third-order valence-electron chi connectivity index (χ3n) is 4.12. The second-order valence-corrected chi connectivity index (χ2v) is 6.15. The van der Waals surface area contributed by atoms with Crippen molar-refractivity contribution < 1.29 is 31.5 Å². The van der Waals surface area contributed by atoms with Gasteiger partial charge in [-0.2, -0.15) is 8.78 Å². The van der Waals surface area contributed by atoms with E-state index in [-0.39, 0.29) is 5.56 Å². The van der Waals surface area contributed by atoms with Gasteiger partial charge < -0.3 is 4.74 Å². The molecule has 2 aromatic carbocycles. The molecule has 0 unspecified atom stereocenters. The summed E-state index contributed by atoms with van der Waals surface area (Å²) in [5, 5.41) is 0. The van der Waals surface area contributed by atoms with E-state index in [0.717, 1.165) is 37.7 Å². The van der Waals surface area contributed by atoms with Crippen LogP contribution in [0.1, 0.15) is 54.9 Å². The summed E-state index contributed by atoms with van der Waals surface area (Å²) in [4.78, 5) is 12.0. The summed E-state index contributed by atoms with van der Waals surface area (Å²) in [6.45, 7) is 2.13. The molecular weight excluding hydrogens is 367 g/mol. The first-order chi connectivity index (χ1) is 12.9. The minimum absolute atomic E-state index is 0.0614. The van der Waals surface area contributed by atoms with E-state index in [1.54, 1.807) is 12.1 Å². The molecule has 27 heavy (non-hydrogen) atoms. The monoisotopic (exact) mass is 386 g/mol. The zero-order valence-corrected chi connectivity index (χ0v) is 14.8. The molecule has 0 heterocycles. The lowest BCUT2D eigenvalue weighted by Gasteiger charge is -2.09. The second kappa shape index (κ2) is 9.48. The maximum absolute atomic E-state index is 13.6. The number of ether oxygens (including phenoxy) is 1. The van der Waals surface area contributed by atoms with Crippen LogP contribution in [0.5, 0.6) is 5.75 Å². The molecule has 0 N–H and O–H groups in total. The predicted octanol–water partition coefficient (Wildman–Crippen LogP) is 6.11. The minimum Gasteiger partial charge on any atom is -0.416 e. The smallest absolute Gasteiger partial charge is 0.343 e. The number of halogens is 5. The summed E-state index contributed by atoms with van der Waals surface area (Å²) >= 11 is 0. The van der Waals surface area contributed by atoms with Gasteiger partial charge in [0.25, 0.3) is 0 Å². The number of hydrogen-bond acceptors (Lipinski definition) is 2. The largest absolute Gasteiger partial charge is 0.416 e. The highest BCUT2D eigenvalue weighted by Gasteiger charge is 2.28. The number of unbranched alkanes of at least 4 members (excludes halogenated alkanes) is 4. The lowest BCUT2D eigenvalue weighted by Crippen LogP contribution is -2.13. The average Bonchev–Trinajstić information content (AvgIpc) is 2.68. The second-order valence-electron chi connectivity index (χ2n) is 6.15. The molecule has 2 aromatic rings. The Bertz CT molecular complexity index is 774. The fourth-order valence-corrected chi connectivity index (χ4v) is 2.57. The van der Waals surface area contributed by atoms with Gasteiger partial charge in [-0.15, -0.1) is 0 Å². The van der Waals surface area contributed by atoms with E-state index in [9.17, 15) is 26.7 Å². The highest BCUT2D eigenvalue weighted by Crippen LogP contribution is 2.29. The van der Waals surface area contributed by atoms with Gasteiger partial charge in [0.2, 0.25) is 34.8 Å². The molecule has 0 aromatic heterocycles. The molecule has 0 saturated heterocycles. The van der Waals surface area contributed by atoms with E-state index in [1.807, 2.05) is 0 Å². The molecule has 0 aliphatic heterocycles. The number of benzene rings is 2. The van der Waals surface area contributed by atoms with Crippen LogP contribution in [0.25, 0.3) is 0 Å². The molecule has 0 spiro atoms. The summed E-state index contributed by atoms with van der Waals surface area (Å²) in [5.41, 5.74) is 0.910. The number of rotatable bonds is 8. The maximum atomic E-state index is 13.6. The Labute approximate surface area is 154 Å². The van der Waals surface area contributed by atoms with Crippen LogP contribution in [-0.2, 0) is 6.42 Å². The fourth-order valence-electron chi connectivity index (χ4n) is 2.57. The van der Waals surface area contributed by atoms with Crippen LogP contribution >= 0.6 is 0 Å². The predicted molar refractivity (Wildman–Crippen MR) is 90.1 cm³/mol. The normalized spacial score (nSPS) is 10.9. The van der Waals surface area contributed by atoms with Gasteiger partial charge in [0, 0.05) is 0 Å². The number of hydrogen-bond donors (Lipinski definition) is 0. The van der Waals surface area contributed by atoms with Gasteiger partial charge in [0.15, 0.2) is 0 Å². The Kier molecular flexibility index (Phi) is 7.33. The summed E-state index contributed by atoms with van der Waals surface area (Å²) in [7, 11) is 0. The molecule has 0 saturated carbocycles. The SMILES string of the molecule is CCCCCCCc1ccc(C(=O)Oc2c(F)c(F)c(F)c(F)c2F)cc1. The van der Waals surface area contributed by atoms with Crippen LogP contribution in [-0.4, -0.2) is 5.97 Å². The quantitative estimate of drug-likeness (QED) is 0.137. The third kappa shape index (κ3) is 5.05. The van der Waals surface area contributed by atoms with E-state index in [0.29, 0.717) is 0 Å². The van der Waals surface area contributed by atoms with Crippen LogP contribution in [0, 0.1) is 29.1 Å². The molecule has 0 aliphatic carbocycles. The fraction of sp³-hybridized carbons (Fsp3) is 0.350. The Balaban J connectivity index is 2.05. The van der Waals surface area contributed by atoms with E-state index in [2.05, 4.69) is 11.7 Å². The van der Waals surface area contributed by atoms with Gasteiger partial charge in [-0.05, 0) is 30.5 Å². The Morgan fingerprint density at radius 2 is 1.30 bits per heavy atom. The van der Waals surface area contributed by atoms with E-state index in [1.165, 1.54) is 18.6 Å². The molecule has 7 heteroatoms. The summed E-state index contributed by atoms with van der Waals surface area (Å²) in [6.07, 6.45) is 6.40. The van der Waals surface area contributed by atoms with Crippen LogP contribution in [0.4, 0.5) is 22.0 Å². The van der Waals surface area contributed by atoms with E-state index < -0.39 is 40.8 Å². The highest BCUT2D eigenvalue weighted by molar-refractivity contribution is 5.91. The number of carbonyl (C=O) groups excluding carboxylic acids is 1. The van der Waals surface area contributed by atoms with Gasteiger partial charge >= 0.3 is 5.97 Å². The van der Waals surface area contributed by atoms with Crippen molar-refractivity contribution in [1.29, 1.82) is 0 Å². The molecule has 0 atom stereocenters. The molecule has 0 amide bonds. The van der Waals surface area contributed by atoms with Crippen LogP contribution in [0.2, 0.25) is 0 Å². The highest BCUT2D eigenvalue weighted by atomic mass is 19.2. The zero-order valence-electron chi connectivity index (χ0n) is 14.8. The van der Waals surface area contributed by atoms with Gasteiger partial charge in [0.1, 0.15) is 0 Å². The van der Waals surface area contributed by atoms with Crippen molar-refractivity contribution in [3.8, 4) is 5.75 Å². The van der Waals surface area contributed by atoms with Crippen molar-refractivity contribution in [2.24, 2.45) is 0 Å². The Morgan fingerprint density at radius 3 is 1.85 bits per heavy atom. The molecule has 0 fully saturated rings. The first-order valence-corrected chi connectivity index (χ1v) is 8.69. The molecule has 2 rings (SSSR count). The number of aryl methyl sites for hydroxylation is 1. The average molecular weight is 386 g/mol. The van der Waals surface area contributed by atoms with Crippen LogP contribution < -0.4 is 4.74 Å². The summed E-state index contributed by atoms with van der Waals surface area (Å²) in [6, 6.07) is 6.09. The zero-order chi connectivity index (χ0) is 20.0. The minimum atomic E-state index is -2.31. The van der Waals surface area contributed by atoms with Crippen molar-refractivity contribution in [3.63, 3.8) is 0 Å². The molecule has 0 aliphatic rings. The van der Waals surface area contributed by atoms with Gasteiger partial charge in [0.05, 0.1) is 5.56 Å². The number of esters is 1. The summed E-state index contributed by atoms with van der Waals surface area (Å²) < 4.78 is 70.9. The lowest BCUT2D eigenvalue weighted by atomic mass is 10.0. The van der Waals surface area contributed by atoms with Crippen molar-refractivity contribution >= 4 is 5.97 Å². The third-order valence-corrected chi connectivity index (χ3v) is 4.12. The van der Waals surface area contributed by atoms with Gasteiger partial charge in [-0.25, -0.2) is 18.0 Å². The van der Waals surface area contributed by atoms with Crippen LogP contribution in [0.3, 0.4) is 0 Å². The Hall–Kier alpha value is -2.44. The Morgan fingerprint density at radius 1 is 0.778 bits per heavy atom. The van der Waals surface area contributed by atoms with Crippen molar-refractivity contribution in [2.45, 2.75) is 45.4 Å². The summed E-state index contributed by atoms with van der Waals surface area (Å²) in [5.74, 6) is -13.9. The van der Waals surface area contributed by atoms with E-state index >= 15 is 0 Å². The standard InChI is InChI=1S/C20H19F5O2/c1-2-3-4-5-6-7-12-8-10-13(11-9-12)20(26)27-19-17(24)15(22)14(21)16(23)18(19)25/h8-11H,2-7H2,1H3. The molecule has 0 radical (unpaired) electrons. The molecule has 146 valence electrons.